The number of nitrogens with one attached hydrogen (secondary N) is 2. The maximum atomic E-state index is 12.8. The van der Waals surface area contributed by atoms with Crippen LogP contribution < -0.4 is 16.4 Å². The molecule has 0 aliphatic rings. The van der Waals surface area contributed by atoms with Gasteiger partial charge in [-0.25, -0.2) is 0 Å². The number of rotatable bonds is 12. The molecule has 4 aromatic carbocycles. The van der Waals surface area contributed by atoms with E-state index in [0.717, 1.165) is 22.3 Å². The number of carbonyl (C=O) groups excluding carboxylic acids is 3. The predicted octanol–water partition coefficient (Wildman–Crippen LogP) is 6.80. The van der Waals surface area contributed by atoms with Crippen LogP contribution in [0.4, 0.5) is 0 Å². The van der Waals surface area contributed by atoms with Gasteiger partial charge in [-0.3, -0.25) is 14.4 Å². The first-order chi connectivity index (χ1) is 22.4. The quantitative estimate of drug-likeness (QED) is 0.144. The fraction of sp³-hybridized carbons (Fsp3) is 0.325. The highest BCUT2D eigenvalue weighted by atomic mass is 35.5. The molecule has 0 heterocycles. The summed E-state index contributed by atoms with van der Waals surface area (Å²) in [5.74, 6) is -1.07. The second kappa shape index (κ2) is 20.0. The van der Waals surface area contributed by atoms with E-state index < -0.39 is 17.6 Å². The van der Waals surface area contributed by atoms with E-state index >= 15 is 0 Å². The van der Waals surface area contributed by atoms with Crippen LogP contribution in [0.5, 0.6) is 0 Å². The lowest BCUT2D eigenvalue weighted by Gasteiger charge is -2.22. The van der Waals surface area contributed by atoms with Gasteiger partial charge in [0, 0.05) is 13.1 Å². The molecule has 0 aromatic heterocycles. The summed E-state index contributed by atoms with van der Waals surface area (Å²) in [4.78, 5) is 37.0. The van der Waals surface area contributed by atoms with Crippen molar-refractivity contribution in [2.45, 2.75) is 78.6 Å². The van der Waals surface area contributed by atoms with Crippen LogP contribution in [0.1, 0.15) is 60.6 Å². The van der Waals surface area contributed by atoms with Crippen molar-refractivity contribution in [1.82, 2.24) is 10.6 Å². The van der Waals surface area contributed by atoms with Crippen LogP contribution in [0.2, 0.25) is 0 Å². The molecule has 0 aliphatic carbocycles. The zero-order chi connectivity index (χ0) is 34.2. The number of halogens is 1. The normalized spacial score (nSPS) is 11.9. The lowest BCUT2D eigenvalue weighted by atomic mass is 9.95. The number of amides is 2. The third-order valence-corrected chi connectivity index (χ3v) is 7.34. The molecule has 2 atom stereocenters. The Morgan fingerprint density at radius 3 is 1.48 bits per heavy atom. The highest BCUT2D eigenvalue weighted by Gasteiger charge is 2.25. The first-order valence-corrected chi connectivity index (χ1v) is 16.1. The average Bonchev–Trinajstić information content (AvgIpc) is 3.04. The lowest BCUT2D eigenvalue weighted by Crippen LogP contribution is -2.41. The molecule has 0 spiro atoms. The molecule has 0 aliphatic heterocycles. The maximum absolute atomic E-state index is 12.8. The van der Waals surface area contributed by atoms with Gasteiger partial charge in [0.15, 0.2) is 0 Å². The van der Waals surface area contributed by atoms with Crippen LogP contribution in [0.15, 0.2) is 109 Å². The number of aryl methyl sites for hydroxylation is 2. The molecule has 256 valence electrons. The van der Waals surface area contributed by atoms with Crippen molar-refractivity contribution in [2.75, 3.05) is 0 Å². The second-order valence-electron chi connectivity index (χ2n) is 12.9. The van der Waals surface area contributed by atoms with Crippen LogP contribution in [-0.4, -0.2) is 29.4 Å². The van der Waals surface area contributed by atoms with Gasteiger partial charge in [0.2, 0.25) is 11.8 Å². The van der Waals surface area contributed by atoms with Crippen LogP contribution in [0.25, 0.3) is 0 Å². The van der Waals surface area contributed by atoms with E-state index in [4.69, 9.17) is 10.5 Å². The molecular weight excluding hydrogens is 622 g/mol. The number of hydrogen-bond donors (Lipinski definition) is 3. The SMILES string of the molecule is Cc1ccc(CNC(=O)[C@@H](CC(=O)OC(C)(C)C)Cc2ccccc2)cc1.Cc1ccc(CNC(=O)[C@@H](N)Cc2ccccc2)cc1.Cl. The number of hydrogen-bond acceptors (Lipinski definition) is 5. The summed E-state index contributed by atoms with van der Waals surface area (Å²) in [5, 5.41) is 5.83. The Kier molecular flexibility index (Phi) is 16.6. The van der Waals surface area contributed by atoms with Gasteiger partial charge < -0.3 is 21.1 Å². The summed E-state index contributed by atoms with van der Waals surface area (Å²) in [6, 6.07) is 35.2. The molecule has 4 rings (SSSR count). The Morgan fingerprint density at radius 2 is 1.04 bits per heavy atom. The minimum atomic E-state index is -0.563. The molecule has 0 bridgehead atoms. The number of nitrogens with two attached hydrogens (primary N) is 1. The van der Waals surface area contributed by atoms with E-state index in [9.17, 15) is 14.4 Å². The third-order valence-electron chi connectivity index (χ3n) is 7.34. The Bertz CT molecular complexity index is 1540. The second-order valence-corrected chi connectivity index (χ2v) is 12.9. The van der Waals surface area contributed by atoms with Crippen molar-refractivity contribution in [3.05, 3.63) is 143 Å². The van der Waals surface area contributed by atoms with Gasteiger partial charge in [-0.2, -0.15) is 0 Å². The van der Waals surface area contributed by atoms with Gasteiger partial charge in [0.25, 0.3) is 0 Å². The summed E-state index contributed by atoms with van der Waals surface area (Å²) in [5.41, 5.74) is 12.0. The molecular formula is C40H50ClN3O4. The van der Waals surface area contributed by atoms with E-state index in [1.807, 2.05) is 144 Å². The van der Waals surface area contributed by atoms with Crippen molar-refractivity contribution >= 4 is 30.2 Å². The van der Waals surface area contributed by atoms with E-state index in [1.165, 1.54) is 11.1 Å². The van der Waals surface area contributed by atoms with Crippen molar-refractivity contribution in [3.8, 4) is 0 Å². The van der Waals surface area contributed by atoms with Crippen LogP contribution >= 0.6 is 12.4 Å². The molecule has 0 saturated carbocycles. The Morgan fingerprint density at radius 1 is 0.625 bits per heavy atom. The Labute approximate surface area is 292 Å². The molecule has 4 aromatic rings. The molecule has 2 amide bonds. The Hall–Kier alpha value is -4.46. The molecule has 0 saturated heterocycles. The zero-order valence-corrected chi connectivity index (χ0v) is 29.5. The monoisotopic (exact) mass is 671 g/mol. The van der Waals surface area contributed by atoms with Gasteiger partial charge in [0.05, 0.1) is 18.4 Å². The molecule has 8 heteroatoms. The van der Waals surface area contributed by atoms with Gasteiger partial charge in [-0.05, 0) is 69.7 Å². The maximum Gasteiger partial charge on any atom is 0.307 e. The van der Waals surface area contributed by atoms with Crippen molar-refractivity contribution < 1.29 is 19.1 Å². The van der Waals surface area contributed by atoms with E-state index in [2.05, 4.69) is 10.6 Å². The summed E-state index contributed by atoms with van der Waals surface area (Å²) in [6.07, 6.45) is 1.12. The summed E-state index contributed by atoms with van der Waals surface area (Å²) in [7, 11) is 0. The molecule has 0 radical (unpaired) electrons. The molecule has 0 fully saturated rings. The Balaban J connectivity index is 0.000000340. The number of carbonyl (C=O) groups is 3. The topological polar surface area (TPSA) is 111 Å². The van der Waals surface area contributed by atoms with Gasteiger partial charge in [-0.15, -0.1) is 12.4 Å². The minimum absolute atomic E-state index is 0. The number of benzene rings is 4. The standard InChI is InChI=1S/C23H29NO3.C17H20N2O.ClH/c1-17-10-12-19(13-11-17)16-24-22(26)20(14-18-8-6-5-7-9-18)15-21(25)27-23(2,3)4;1-13-7-9-15(10-8-13)12-19-17(20)16(18)11-14-5-3-2-4-6-14;/h5-13,20H,14-16H2,1-4H3,(H,24,26);2-10,16H,11-12,18H2,1H3,(H,19,20);1H/t20-;16-;/m10./s1. The highest BCUT2D eigenvalue weighted by Crippen LogP contribution is 2.17. The average molecular weight is 672 g/mol. The van der Waals surface area contributed by atoms with E-state index in [0.29, 0.717) is 25.9 Å². The van der Waals surface area contributed by atoms with Crippen LogP contribution in [0.3, 0.4) is 0 Å². The molecule has 48 heavy (non-hydrogen) atoms. The lowest BCUT2D eigenvalue weighted by molar-refractivity contribution is -0.157. The first kappa shape index (κ1) is 39.7. The fourth-order valence-corrected chi connectivity index (χ4v) is 4.77. The first-order valence-electron chi connectivity index (χ1n) is 16.1. The molecule has 0 unspecified atom stereocenters. The van der Waals surface area contributed by atoms with Crippen LogP contribution in [-0.2, 0) is 45.1 Å². The number of esters is 1. The third kappa shape index (κ3) is 15.4. The highest BCUT2D eigenvalue weighted by molar-refractivity contribution is 5.85. The smallest absolute Gasteiger partial charge is 0.307 e. The van der Waals surface area contributed by atoms with E-state index in [1.54, 1.807) is 0 Å². The summed E-state index contributed by atoms with van der Waals surface area (Å²) in [6.45, 7) is 10.5. The summed E-state index contributed by atoms with van der Waals surface area (Å²) < 4.78 is 5.41. The fourth-order valence-electron chi connectivity index (χ4n) is 4.77. The van der Waals surface area contributed by atoms with Gasteiger partial charge in [-0.1, -0.05) is 120 Å². The van der Waals surface area contributed by atoms with Gasteiger partial charge in [0.1, 0.15) is 5.60 Å². The van der Waals surface area contributed by atoms with E-state index in [-0.39, 0.29) is 36.6 Å². The molecule has 4 N–H and O–H groups in total. The van der Waals surface area contributed by atoms with Crippen molar-refractivity contribution in [2.24, 2.45) is 11.7 Å². The predicted molar refractivity (Wildman–Crippen MR) is 196 cm³/mol. The summed E-state index contributed by atoms with van der Waals surface area (Å²) >= 11 is 0. The largest absolute Gasteiger partial charge is 0.460 e. The van der Waals surface area contributed by atoms with Crippen LogP contribution in [0, 0.1) is 19.8 Å². The van der Waals surface area contributed by atoms with Crippen molar-refractivity contribution in [3.63, 3.8) is 0 Å². The number of ether oxygens (including phenoxy) is 1. The zero-order valence-electron chi connectivity index (χ0n) is 28.7. The van der Waals surface area contributed by atoms with Crippen molar-refractivity contribution in [1.29, 1.82) is 0 Å². The molecule has 7 nitrogen and oxygen atoms in total. The minimum Gasteiger partial charge on any atom is -0.460 e. The van der Waals surface area contributed by atoms with Gasteiger partial charge >= 0.3 is 5.97 Å².